The first-order valence-electron chi connectivity index (χ1n) is 6.91. The second kappa shape index (κ2) is 7.33. The second-order valence-electron chi connectivity index (χ2n) is 4.85. The van der Waals surface area contributed by atoms with Crippen LogP contribution in [0.2, 0.25) is 5.02 Å². The van der Waals surface area contributed by atoms with Gasteiger partial charge in [0.15, 0.2) is 0 Å². The van der Waals surface area contributed by atoms with E-state index in [1.165, 1.54) is 0 Å². The number of amides is 2. The normalized spacial score (nSPS) is 20.3. The van der Waals surface area contributed by atoms with Crippen molar-refractivity contribution in [2.45, 2.75) is 19.4 Å². The molecule has 21 heavy (non-hydrogen) atoms. The third-order valence-corrected chi connectivity index (χ3v) is 3.51. The monoisotopic (exact) mass is 310 g/mol. The first-order valence-corrected chi connectivity index (χ1v) is 7.29. The number of halogens is 1. The van der Waals surface area contributed by atoms with Gasteiger partial charge in [0.1, 0.15) is 5.75 Å². The Bertz CT molecular complexity index is 534. The highest BCUT2D eigenvalue weighted by Crippen LogP contribution is 2.27. The summed E-state index contributed by atoms with van der Waals surface area (Å²) in [4.78, 5) is 11.9. The molecular weight excluding hydrogens is 292 g/mol. The molecule has 1 aromatic carbocycles. The van der Waals surface area contributed by atoms with E-state index < -0.39 is 0 Å². The Balaban J connectivity index is 1.88. The third kappa shape index (κ3) is 4.37. The number of rotatable bonds is 5. The largest absolute Gasteiger partial charge is 0.492 e. The number of benzene rings is 1. The van der Waals surface area contributed by atoms with Crippen molar-refractivity contribution in [2.75, 3.05) is 18.5 Å². The van der Waals surface area contributed by atoms with Gasteiger partial charge in [0.2, 0.25) is 0 Å². The fourth-order valence-electron chi connectivity index (χ4n) is 2.20. The Kier molecular flexibility index (Phi) is 5.47. The number of aliphatic hydroxyl groups is 1. The third-order valence-electron chi connectivity index (χ3n) is 3.21. The van der Waals surface area contributed by atoms with Gasteiger partial charge in [-0.05, 0) is 31.5 Å². The van der Waals surface area contributed by atoms with Crippen LogP contribution in [-0.2, 0) is 0 Å². The molecule has 6 heteroatoms. The lowest BCUT2D eigenvalue weighted by Crippen LogP contribution is -2.36. The minimum atomic E-state index is -0.302. The topological polar surface area (TPSA) is 70.6 Å². The minimum absolute atomic E-state index is 0.0553. The standard InChI is InChI=1S/C15H19ClN2O3/c1-2-21-14-6-5-12(8-13(14)16)18-15(20)17-11-4-3-10(7-11)9-19/h3-6,8,10-11,19H,2,7,9H2,1H3,(H2,17,18,20)/t10-,11+/m0/s1. The molecule has 2 amide bonds. The Morgan fingerprint density at radius 2 is 2.29 bits per heavy atom. The van der Waals surface area contributed by atoms with Crippen LogP contribution < -0.4 is 15.4 Å². The molecule has 114 valence electrons. The zero-order chi connectivity index (χ0) is 15.2. The highest BCUT2D eigenvalue weighted by molar-refractivity contribution is 6.32. The summed E-state index contributed by atoms with van der Waals surface area (Å²) in [5.41, 5.74) is 0.599. The van der Waals surface area contributed by atoms with Crippen LogP contribution in [0.3, 0.4) is 0 Å². The molecule has 0 saturated heterocycles. The molecule has 0 aliphatic heterocycles. The van der Waals surface area contributed by atoms with E-state index in [0.717, 1.165) is 0 Å². The summed E-state index contributed by atoms with van der Waals surface area (Å²) in [6.07, 6.45) is 4.53. The summed E-state index contributed by atoms with van der Waals surface area (Å²) in [7, 11) is 0. The van der Waals surface area contributed by atoms with Crippen molar-refractivity contribution < 1.29 is 14.6 Å². The highest BCUT2D eigenvalue weighted by atomic mass is 35.5. The first kappa shape index (κ1) is 15.7. The number of nitrogens with one attached hydrogen (secondary N) is 2. The fourth-order valence-corrected chi connectivity index (χ4v) is 2.44. The predicted molar refractivity (Wildman–Crippen MR) is 82.9 cm³/mol. The van der Waals surface area contributed by atoms with Gasteiger partial charge < -0.3 is 20.5 Å². The van der Waals surface area contributed by atoms with E-state index in [4.69, 9.17) is 21.4 Å². The zero-order valence-corrected chi connectivity index (χ0v) is 12.6. The molecule has 5 nitrogen and oxygen atoms in total. The molecule has 0 fully saturated rings. The maximum Gasteiger partial charge on any atom is 0.319 e. The van der Waals surface area contributed by atoms with E-state index in [0.29, 0.717) is 29.5 Å². The fraction of sp³-hybridized carbons (Fsp3) is 0.400. The van der Waals surface area contributed by atoms with Crippen molar-refractivity contribution in [3.63, 3.8) is 0 Å². The Labute approximate surface area is 128 Å². The van der Waals surface area contributed by atoms with Gasteiger partial charge in [-0.1, -0.05) is 23.8 Å². The van der Waals surface area contributed by atoms with Crippen molar-refractivity contribution in [3.05, 3.63) is 35.4 Å². The van der Waals surface area contributed by atoms with Gasteiger partial charge in [-0.2, -0.15) is 0 Å². The molecule has 0 unspecified atom stereocenters. The zero-order valence-electron chi connectivity index (χ0n) is 11.8. The van der Waals surface area contributed by atoms with Crippen LogP contribution in [0.5, 0.6) is 5.75 Å². The minimum Gasteiger partial charge on any atom is -0.492 e. The number of urea groups is 1. The van der Waals surface area contributed by atoms with Crippen molar-refractivity contribution >= 4 is 23.3 Å². The van der Waals surface area contributed by atoms with E-state index >= 15 is 0 Å². The summed E-state index contributed by atoms with van der Waals surface area (Å²) >= 11 is 6.06. The molecule has 1 aliphatic rings. The number of hydrogen-bond donors (Lipinski definition) is 3. The van der Waals surface area contributed by atoms with E-state index in [-0.39, 0.29) is 24.6 Å². The molecular formula is C15H19ClN2O3. The average molecular weight is 311 g/mol. The van der Waals surface area contributed by atoms with Crippen LogP contribution in [0.4, 0.5) is 10.5 Å². The molecule has 0 radical (unpaired) electrons. The summed E-state index contributed by atoms with van der Waals surface area (Å²) in [6.45, 7) is 2.52. The lowest BCUT2D eigenvalue weighted by atomic mass is 10.1. The molecule has 0 spiro atoms. The van der Waals surface area contributed by atoms with Crippen molar-refractivity contribution in [1.82, 2.24) is 5.32 Å². The lowest BCUT2D eigenvalue weighted by Gasteiger charge is -2.14. The van der Waals surface area contributed by atoms with Crippen LogP contribution in [-0.4, -0.2) is 30.4 Å². The maximum absolute atomic E-state index is 11.9. The average Bonchev–Trinajstić information content (AvgIpc) is 2.89. The SMILES string of the molecule is CCOc1ccc(NC(=O)N[C@@H]2C=C[C@H](CO)C2)cc1Cl. The highest BCUT2D eigenvalue weighted by Gasteiger charge is 2.19. The smallest absolute Gasteiger partial charge is 0.319 e. The van der Waals surface area contributed by atoms with Crippen molar-refractivity contribution in [2.24, 2.45) is 5.92 Å². The summed E-state index contributed by atoms with van der Waals surface area (Å²) in [5, 5.41) is 15.1. The molecule has 0 saturated carbocycles. The van der Waals surface area contributed by atoms with Crippen LogP contribution in [0, 0.1) is 5.92 Å². The van der Waals surface area contributed by atoms with Gasteiger partial charge >= 0.3 is 6.03 Å². The lowest BCUT2D eigenvalue weighted by molar-refractivity contribution is 0.238. The summed E-state index contributed by atoms with van der Waals surface area (Å²) in [6, 6.07) is 4.74. The first-order chi connectivity index (χ1) is 10.1. The number of carbonyl (C=O) groups is 1. The van der Waals surface area contributed by atoms with Crippen LogP contribution in [0.15, 0.2) is 30.4 Å². The maximum atomic E-state index is 11.9. The Hall–Kier alpha value is -1.72. The summed E-state index contributed by atoms with van der Waals surface area (Å²) in [5.74, 6) is 0.713. The van der Waals surface area contributed by atoms with Crippen LogP contribution in [0.1, 0.15) is 13.3 Å². The van der Waals surface area contributed by atoms with E-state index in [9.17, 15) is 4.79 Å². The van der Waals surface area contributed by atoms with Crippen molar-refractivity contribution in [1.29, 1.82) is 0 Å². The van der Waals surface area contributed by atoms with Gasteiger partial charge in [-0.3, -0.25) is 0 Å². The van der Waals surface area contributed by atoms with Gasteiger partial charge in [-0.25, -0.2) is 4.79 Å². The number of hydrogen-bond acceptors (Lipinski definition) is 3. The molecule has 0 bridgehead atoms. The molecule has 0 aromatic heterocycles. The Morgan fingerprint density at radius 3 is 2.90 bits per heavy atom. The van der Waals surface area contributed by atoms with Gasteiger partial charge in [0, 0.05) is 24.3 Å². The van der Waals surface area contributed by atoms with E-state index in [1.54, 1.807) is 18.2 Å². The van der Waals surface area contributed by atoms with Gasteiger partial charge in [0.05, 0.1) is 11.6 Å². The van der Waals surface area contributed by atoms with E-state index in [1.807, 2.05) is 19.1 Å². The molecule has 1 aromatic rings. The Morgan fingerprint density at radius 1 is 1.48 bits per heavy atom. The number of ether oxygens (including phenoxy) is 1. The van der Waals surface area contributed by atoms with E-state index in [2.05, 4.69) is 10.6 Å². The molecule has 1 aliphatic carbocycles. The predicted octanol–water partition coefficient (Wildman–Crippen LogP) is 2.80. The summed E-state index contributed by atoms with van der Waals surface area (Å²) < 4.78 is 5.34. The number of carbonyl (C=O) groups excluding carboxylic acids is 1. The van der Waals surface area contributed by atoms with Crippen molar-refractivity contribution in [3.8, 4) is 5.75 Å². The second-order valence-corrected chi connectivity index (χ2v) is 5.25. The van der Waals surface area contributed by atoms with Gasteiger partial charge in [0.25, 0.3) is 0 Å². The van der Waals surface area contributed by atoms with Gasteiger partial charge in [-0.15, -0.1) is 0 Å². The molecule has 2 rings (SSSR count). The quantitative estimate of drug-likeness (QED) is 0.732. The molecule has 2 atom stereocenters. The number of aliphatic hydroxyl groups excluding tert-OH is 1. The number of anilines is 1. The molecule has 0 heterocycles. The van der Waals surface area contributed by atoms with Crippen LogP contribution in [0.25, 0.3) is 0 Å². The molecule has 3 N–H and O–H groups in total. The van der Waals surface area contributed by atoms with Crippen LogP contribution >= 0.6 is 11.6 Å².